The summed E-state index contributed by atoms with van der Waals surface area (Å²) in [6.07, 6.45) is 0.964. The van der Waals surface area contributed by atoms with E-state index >= 15 is 0 Å². The smallest absolute Gasteiger partial charge is 0.236 e. The Hall–Kier alpha value is -1.46. The molecule has 0 aliphatic rings. The molecule has 1 amide bonds. The Labute approximate surface area is 120 Å². The Balaban J connectivity index is 2.77. The molecule has 20 heavy (non-hydrogen) atoms. The van der Waals surface area contributed by atoms with E-state index in [2.05, 4.69) is 11.8 Å². The van der Waals surface area contributed by atoms with Crippen molar-refractivity contribution in [3.8, 4) is 0 Å². The summed E-state index contributed by atoms with van der Waals surface area (Å²) >= 11 is 0. The molecule has 1 aromatic carbocycles. The van der Waals surface area contributed by atoms with Gasteiger partial charge in [0.05, 0.1) is 6.54 Å². The molecule has 4 nitrogen and oxygen atoms in total. The lowest BCUT2D eigenvalue weighted by atomic mass is 10.1. The first-order valence-electron chi connectivity index (χ1n) is 6.87. The van der Waals surface area contributed by atoms with Crippen LogP contribution in [0.15, 0.2) is 18.2 Å². The van der Waals surface area contributed by atoms with Crippen LogP contribution in [-0.4, -0.2) is 42.9 Å². The van der Waals surface area contributed by atoms with Crippen molar-refractivity contribution < 1.29 is 9.18 Å². The van der Waals surface area contributed by atoms with E-state index in [4.69, 9.17) is 5.73 Å². The number of hydrogen-bond donors (Lipinski definition) is 1. The molecule has 0 bridgehead atoms. The van der Waals surface area contributed by atoms with Crippen molar-refractivity contribution in [1.29, 1.82) is 0 Å². The fourth-order valence-corrected chi connectivity index (χ4v) is 2.00. The van der Waals surface area contributed by atoms with Gasteiger partial charge in [-0.05, 0) is 24.6 Å². The van der Waals surface area contributed by atoms with Crippen molar-refractivity contribution in [2.24, 2.45) is 5.73 Å². The van der Waals surface area contributed by atoms with Crippen LogP contribution in [-0.2, 0) is 17.9 Å². The number of nitrogens with zero attached hydrogens (tertiary/aromatic N) is 2. The molecule has 5 heteroatoms. The van der Waals surface area contributed by atoms with Crippen molar-refractivity contribution >= 4 is 5.91 Å². The molecule has 1 aromatic rings. The number of carbonyl (C=O) groups is 1. The number of benzene rings is 1. The van der Waals surface area contributed by atoms with Gasteiger partial charge in [0.25, 0.3) is 0 Å². The molecule has 112 valence electrons. The number of hydrogen-bond acceptors (Lipinski definition) is 3. The molecule has 0 aromatic heterocycles. The number of rotatable bonds is 7. The lowest BCUT2D eigenvalue weighted by Crippen LogP contribution is -2.36. The highest BCUT2D eigenvalue weighted by atomic mass is 19.1. The van der Waals surface area contributed by atoms with Crippen LogP contribution in [0.3, 0.4) is 0 Å². The van der Waals surface area contributed by atoms with E-state index in [9.17, 15) is 9.18 Å². The number of carbonyl (C=O) groups excluding carboxylic acids is 1. The van der Waals surface area contributed by atoms with E-state index in [0.29, 0.717) is 18.7 Å². The topological polar surface area (TPSA) is 49.6 Å². The molecule has 0 spiro atoms. The van der Waals surface area contributed by atoms with E-state index in [1.54, 1.807) is 31.1 Å². The lowest BCUT2D eigenvalue weighted by Gasteiger charge is -2.23. The van der Waals surface area contributed by atoms with Crippen molar-refractivity contribution in [2.45, 2.75) is 26.4 Å². The van der Waals surface area contributed by atoms with Gasteiger partial charge in [-0.1, -0.05) is 19.1 Å². The van der Waals surface area contributed by atoms with Gasteiger partial charge in [-0.3, -0.25) is 9.69 Å². The van der Waals surface area contributed by atoms with Gasteiger partial charge < -0.3 is 10.6 Å². The minimum Gasteiger partial charge on any atom is -0.348 e. The lowest BCUT2D eigenvalue weighted by molar-refractivity contribution is -0.130. The average Bonchev–Trinajstić information content (AvgIpc) is 2.41. The van der Waals surface area contributed by atoms with Crippen LogP contribution >= 0.6 is 0 Å². The average molecular weight is 281 g/mol. The van der Waals surface area contributed by atoms with Crippen molar-refractivity contribution in [3.05, 3.63) is 35.1 Å². The third-order valence-electron chi connectivity index (χ3n) is 3.13. The van der Waals surface area contributed by atoms with E-state index in [1.807, 2.05) is 0 Å². The van der Waals surface area contributed by atoms with Crippen LogP contribution in [0.1, 0.15) is 24.5 Å². The molecule has 0 aliphatic carbocycles. The predicted octanol–water partition coefficient (Wildman–Crippen LogP) is 1.58. The predicted molar refractivity (Wildman–Crippen MR) is 78.6 cm³/mol. The second-order valence-electron chi connectivity index (χ2n) is 5.13. The molecule has 0 saturated heterocycles. The molecular weight excluding hydrogens is 257 g/mol. The van der Waals surface area contributed by atoms with Crippen LogP contribution in [0.5, 0.6) is 0 Å². The standard InChI is InChI=1S/C15H24FN3O/c1-4-7-19(11-15(20)18(2)3)10-12-5-6-14(16)13(8-12)9-17/h5-6,8H,4,7,9-11,17H2,1-3H3. The Morgan fingerprint density at radius 3 is 2.60 bits per heavy atom. The molecule has 0 saturated carbocycles. The van der Waals surface area contributed by atoms with Crippen molar-refractivity contribution in [2.75, 3.05) is 27.2 Å². The SMILES string of the molecule is CCCN(CC(=O)N(C)C)Cc1ccc(F)c(CN)c1. The number of likely N-dealkylation sites (N-methyl/N-ethyl adjacent to an activating group) is 1. The first-order chi connectivity index (χ1) is 9.47. The van der Waals surface area contributed by atoms with E-state index in [1.165, 1.54) is 6.07 Å². The van der Waals surface area contributed by atoms with Crippen LogP contribution < -0.4 is 5.73 Å². The maximum Gasteiger partial charge on any atom is 0.236 e. The molecule has 0 radical (unpaired) electrons. The molecule has 0 atom stereocenters. The van der Waals surface area contributed by atoms with Gasteiger partial charge in [0.1, 0.15) is 5.82 Å². The highest BCUT2D eigenvalue weighted by Crippen LogP contribution is 2.12. The Bertz CT molecular complexity index is 449. The third-order valence-corrected chi connectivity index (χ3v) is 3.13. The van der Waals surface area contributed by atoms with E-state index < -0.39 is 0 Å². The largest absolute Gasteiger partial charge is 0.348 e. The zero-order valence-corrected chi connectivity index (χ0v) is 12.5. The molecular formula is C15H24FN3O. The summed E-state index contributed by atoms with van der Waals surface area (Å²) in [5, 5.41) is 0. The second-order valence-corrected chi connectivity index (χ2v) is 5.13. The van der Waals surface area contributed by atoms with Crippen molar-refractivity contribution in [3.63, 3.8) is 0 Å². The molecule has 0 heterocycles. The summed E-state index contributed by atoms with van der Waals surface area (Å²) in [4.78, 5) is 15.4. The first kappa shape index (κ1) is 16.6. The van der Waals surface area contributed by atoms with Gasteiger partial charge in [0.15, 0.2) is 0 Å². The van der Waals surface area contributed by atoms with Crippen LogP contribution in [0.2, 0.25) is 0 Å². The third kappa shape index (κ3) is 4.90. The summed E-state index contributed by atoms with van der Waals surface area (Å²) in [5.74, 6) is -0.206. The Morgan fingerprint density at radius 2 is 2.05 bits per heavy atom. The van der Waals surface area contributed by atoms with Crippen LogP contribution in [0.25, 0.3) is 0 Å². The van der Waals surface area contributed by atoms with E-state index in [-0.39, 0.29) is 18.3 Å². The molecule has 0 unspecified atom stereocenters. The zero-order chi connectivity index (χ0) is 15.1. The summed E-state index contributed by atoms with van der Waals surface area (Å²) in [5.41, 5.74) is 7.01. The van der Waals surface area contributed by atoms with Gasteiger partial charge in [-0.15, -0.1) is 0 Å². The highest BCUT2D eigenvalue weighted by Gasteiger charge is 2.13. The number of amides is 1. The summed E-state index contributed by atoms with van der Waals surface area (Å²) in [7, 11) is 3.49. The van der Waals surface area contributed by atoms with Crippen LogP contribution in [0.4, 0.5) is 4.39 Å². The summed E-state index contributed by atoms with van der Waals surface area (Å²) < 4.78 is 13.4. The molecule has 1 rings (SSSR count). The number of nitrogens with two attached hydrogens (primary N) is 1. The Morgan fingerprint density at radius 1 is 1.35 bits per heavy atom. The first-order valence-corrected chi connectivity index (χ1v) is 6.87. The molecule has 0 fully saturated rings. The summed E-state index contributed by atoms with van der Waals surface area (Å²) in [6, 6.07) is 4.96. The zero-order valence-electron chi connectivity index (χ0n) is 12.5. The quantitative estimate of drug-likeness (QED) is 0.825. The normalized spacial score (nSPS) is 10.9. The molecule has 0 aliphatic heterocycles. The monoisotopic (exact) mass is 281 g/mol. The van der Waals surface area contributed by atoms with Gasteiger partial charge in [0, 0.05) is 32.7 Å². The maximum atomic E-state index is 13.4. The minimum atomic E-state index is -0.275. The van der Waals surface area contributed by atoms with Crippen molar-refractivity contribution in [1.82, 2.24) is 9.80 Å². The fraction of sp³-hybridized carbons (Fsp3) is 0.533. The van der Waals surface area contributed by atoms with Gasteiger partial charge >= 0.3 is 0 Å². The van der Waals surface area contributed by atoms with Gasteiger partial charge in [-0.2, -0.15) is 0 Å². The minimum absolute atomic E-state index is 0.0691. The summed E-state index contributed by atoms with van der Waals surface area (Å²) in [6.45, 7) is 4.08. The highest BCUT2D eigenvalue weighted by molar-refractivity contribution is 5.77. The van der Waals surface area contributed by atoms with E-state index in [0.717, 1.165) is 18.5 Å². The maximum absolute atomic E-state index is 13.4. The second kappa shape index (κ2) is 7.97. The Kier molecular flexibility index (Phi) is 6.61. The van der Waals surface area contributed by atoms with Gasteiger partial charge in [-0.25, -0.2) is 4.39 Å². The van der Waals surface area contributed by atoms with Crippen LogP contribution in [0, 0.1) is 5.82 Å². The van der Waals surface area contributed by atoms with Gasteiger partial charge in [0.2, 0.25) is 5.91 Å². The number of halogens is 1. The molecule has 2 N–H and O–H groups in total. The fourth-order valence-electron chi connectivity index (χ4n) is 2.00.